The molecule has 2 aromatic rings. The molecule has 0 saturated carbocycles. The topological polar surface area (TPSA) is 32.3 Å². The summed E-state index contributed by atoms with van der Waals surface area (Å²) in [5.41, 5.74) is 2.11. The van der Waals surface area contributed by atoms with Crippen LogP contribution in [0.25, 0.3) is 0 Å². The van der Waals surface area contributed by atoms with Crippen molar-refractivity contribution in [3.8, 4) is 0 Å². The zero-order valence-electron chi connectivity index (χ0n) is 12.8. The number of urea groups is 1. The summed E-state index contributed by atoms with van der Waals surface area (Å²) in [7, 11) is 0. The Morgan fingerprint density at radius 2 is 2.23 bits per heavy atom. The van der Waals surface area contributed by atoms with Crippen LogP contribution >= 0.6 is 23.1 Å². The lowest BCUT2D eigenvalue weighted by Gasteiger charge is -2.23. The van der Waals surface area contributed by atoms with Crippen LogP contribution in [0.2, 0.25) is 0 Å². The molecule has 0 bridgehead atoms. The monoisotopic (exact) mass is 332 g/mol. The first kappa shape index (κ1) is 15.4. The summed E-state index contributed by atoms with van der Waals surface area (Å²) in [6, 6.07) is 12.3. The van der Waals surface area contributed by atoms with Crippen LogP contribution in [0.5, 0.6) is 0 Å². The minimum absolute atomic E-state index is 0.00527. The molecule has 1 aliphatic rings. The number of amides is 2. The Morgan fingerprint density at radius 1 is 1.36 bits per heavy atom. The van der Waals surface area contributed by atoms with Gasteiger partial charge < -0.3 is 10.2 Å². The Balaban J connectivity index is 1.73. The predicted octanol–water partition coefficient (Wildman–Crippen LogP) is 4.90. The van der Waals surface area contributed by atoms with Gasteiger partial charge in [0, 0.05) is 27.7 Å². The highest BCUT2D eigenvalue weighted by Crippen LogP contribution is 2.41. The number of rotatable bonds is 3. The number of aryl methyl sites for hydroxylation is 2. The summed E-state index contributed by atoms with van der Waals surface area (Å²) in [6.07, 6.45) is 0.973. The molecule has 3 rings (SSSR count). The van der Waals surface area contributed by atoms with Crippen molar-refractivity contribution < 1.29 is 4.79 Å². The van der Waals surface area contributed by atoms with Gasteiger partial charge in [-0.15, -0.1) is 23.1 Å². The van der Waals surface area contributed by atoms with E-state index >= 15 is 0 Å². The van der Waals surface area contributed by atoms with Gasteiger partial charge in [0.05, 0.1) is 0 Å². The van der Waals surface area contributed by atoms with E-state index in [-0.39, 0.29) is 11.4 Å². The Hall–Kier alpha value is -1.46. The van der Waals surface area contributed by atoms with Crippen molar-refractivity contribution in [2.75, 3.05) is 17.6 Å². The minimum atomic E-state index is -0.00527. The summed E-state index contributed by atoms with van der Waals surface area (Å²) in [5.74, 6) is 0.990. The Labute approximate surface area is 139 Å². The summed E-state index contributed by atoms with van der Waals surface area (Å²) in [5, 5.41) is 3.19. The van der Waals surface area contributed by atoms with E-state index in [4.69, 9.17) is 0 Å². The van der Waals surface area contributed by atoms with Crippen LogP contribution in [-0.2, 0) is 6.42 Å². The molecular weight excluding hydrogens is 312 g/mol. The van der Waals surface area contributed by atoms with E-state index in [2.05, 4.69) is 37.4 Å². The first-order chi connectivity index (χ1) is 10.7. The summed E-state index contributed by atoms with van der Waals surface area (Å²) >= 11 is 3.61. The maximum Gasteiger partial charge on any atom is 0.323 e. The molecule has 1 atom stereocenters. The minimum Gasteiger partial charge on any atom is -0.308 e. The van der Waals surface area contributed by atoms with E-state index in [0.29, 0.717) is 0 Å². The largest absolute Gasteiger partial charge is 0.323 e. The third-order valence-corrected chi connectivity index (χ3v) is 6.19. The molecular formula is C17H20N2OS2. The molecule has 0 unspecified atom stereocenters. The number of benzene rings is 1. The number of anilines is 1. The van der Waals surface area contributed by atoms with Crippen LogP contribution < -0.4 is 5.32 Å². The van der Waals surface area contributed by atoms with Crippen LogP contribution in [0.3, 0.4) is 0 Å². The quantitative estimate of drug-likeness (QED) is 0.867. The van der Waals surface area contributed by atoms with Gasteiger partial charge in [-0.1, -0.05) is 19.1 Å². The molecule has 1 aromatic heterocycles. The van der Waals surface area contributed by atoms with Crippen molar-refractivity contribution in [3.05, 3.63) is 51.7 Å². The van der Waals surface area contributed by atoms with Crippen molar-refractivity contribution in [3.63, 3.8) is 0 Å². The Morgan fingerprint density at radius 3 is 2.95 bits per heavy atom. The second-order valence-electron chi connectivity index (χ2n) is 5.35. The van der Waals surface area contributed by atoms with Gasteiger partial charge in [-0.05, 0) is 43.2 Å². The maximum atomic E-state index is 12.6. The average Bonchev–Trinajstić information content (AvgIpc) is 3.15. The molecule has 1 saturated heterocycles. The van der Waals surface area contributed by atoms with Crippen molar-refractivity contribution in [1.82, 2.24) is 4.90 Å². The van der Waals surface area contributed by atoms with Gasteiger partial charge in [-0.3, -0.25) is 0 Å². The second kappa shape index (κ2) is 6.75. The fraction of sp³-hybridized carbons (Fsp3) is 0.353. The molecule has 0 radical (unpaired) electrons. The van der Waals surface area contributed by atoms with Crippen LogP contribution in [0, 0.1) is 6.92 Å². The third kappa shape index (κ3) is 3.31. The van der Waals surface area contributed by atoms with Crippen LogP contribution in [-0.4, -0.2) is 23.2 Å². The first-order valence-electron chi connectivity index (χ1n) is 7.52. The van der Waals surface area contributed by atoms with Crippen molar-refractivity contribution in [2.45, 2.75) is 25.6 Å². The fourth-order valence-corrected chi connectivity index (χ4v) is 4.93. The Bertz CT molecular complexity index is 668. The molecule has 0 aliphatic carbocycles. The fourth-order valence-electron chi connectivity index (χ4n) is 2.56. The van der Waals surface area contributed by atoms with Gasteiger partial charge >= 0.3 is 6.03 Å². The summed E-state index contributed by atoms with van der Waals surface area (Å²) in [4.78, 5) is 17.1. The molecule has 0 spiro atoms. The third-order valence-electron chi connectivity index (χ3n) is 3.74. The molecule has 116 valence electrons. The van der Waals surface area contributed by atoms with Gasteiger partial charge in [0.2, 0.25) is 0 Å². The SMILES string of the molecule is CCc1cccc(NC(=O)N2CCS[C@H]2c2ccc(C)s2)c1. The second-order valence-corrected chi connectivity index (χ2v) is 7.86. The molecule has 3 nitrogen and oxygen atoms in total. The van der Waals surface area contributed by atoms with Gasteiger partial charge in [0.25, 0.3) is 0 Å². The van der Waals surface area contributed by atoms with Crippen LogP contribution in [0.1, 0.15) is 27.6 Å². The molecule has 1 fully saturated rings. The highest BCUT2D eigenvalue weighted by atomic mass is 32.2. The number of thiophene rings is 1. The van der Waals surface area contributed by atoms with Crippen LogP contribution in [0.4, 0.5) is 10.5 Å². The number of thioether (sulfide) groups is 1. The molecule has 22 heavy (non-hydrogen) atoms. The van der Waals surface area contributed by atoms with E-state index in [1.165, 1.54) is 15.3 Å². The number of hydrogen-bond donors (Lipinski definition) is 1. The number of hydrogen-bond acceptors (Lipinski definition) is 3. The highest BCUT2D eigenvalue weighted by Gasteiger charge is 2.31. The molecule has 1 aliphatic heterocycles. The standard InChI is InChI=1S/C17H20N2OS2/c1-3-13-5-4-6-14(11-13)18-17(20)19-9-10-21-16(19)15-8-7-12(2)22-15/h4-8,11,16H,3,9-10H2,1-2H3,(H,18,20)/t16-/m0/s1. The number of nitrogens with zero attached hydrogens (tertiary/aromatic N) is 1. The van der Waals surface area contributed by atoms with Crippen LogP contribution in [0.15, 0.2) is 36.4 Å². The first-order valence-corrected chi connectivity index (χ1v) is 9.38. The van der Waals surface area contributed by atoms with Gasteiger partial charge in [0.1, 0.15) is 5.37 Å². The molecule has 5 heteroatoms. The lowest BCUT2D eigenvalue weighted by molar-refractivity contribution is 0.215. The lowest BCUT2D eigenvalue weighted by Crippen LogP contribution is -2.34. The molecule has 1 N–H and O–H groups in total. The van der Waals surface area contributed by atoms with E-state index in [0.717, 1.165) is 24.4 Å². The summed E-state index contributed by atoms with van der Waals surface area (Å²) < 4.78 is 0. The van der Waals surface area contributed by atoms with Crippen molar-refractivity contribution >= 4 is 34.8 Å². The van der Waals surface area contributed by atoms with E-state index < -0.39 is 0 Å². The molecule has 2 heterocycles. The van der Waals surface area contributed by atoms with Crippen molar-refractivity contribution in [2.24, 2.45) is 0 Å². The summed E-state index contributed by atoms with van der Waals surface area (Å²) in [6.45, 7) is 5.02. The number of carbonyl (C=O) groups excluding carboxylic acids is 1. The zero-order valence-corrected chi connectivity index (χ0v) is 14.5. The van der Waals surface area contributed by atoms with Gasteiger partial charge in [0.15, 0.2) is 0 Å². The van der Waals surface area contributed by atoms with Crippen molar-refractivity contribution in [1.29, 1.82) is 0 Å². The highest BCUT2D eigenvalue weighted by molar-refractivity contribution is 7.99. The average molecular weight is 332 g/mol. The zero-order chi connectivity index (χ0) is 15.5. The number of nitrogens with one attached hydrogen (secondary N) is 1. The van der Waals surface area contributed by atoms with E-state index in [1.807, 2.05) is 34.9 Å². The van der Waals surface area contributed by atoms with E-state index in [9.17, 15) is 4.79 Å². The normalized spacial score (nSPS) is 17.7. The number of carbonyl (C=O) groups is 1. The van der Waals surface area contributed by atoms with Gasteiger partial charge in [-0.2, -0.15) is 0 Å². The van der Waals surface area contributed by atoms with Gasteiger partial charge in [-0.25, -0.2) is 4.79 Å². The maximum absolute atomic E-state index is 12.6. The predicted molar refractivity (Wildman–Crippen MR) is 95.8 cm³/mol. The smallest absolute Gasteiger partial charge is 0.308 e. The van der Waals surface area contributed by atoms with E-state index in [1.54, 1.807) is 11.3 Å². The molecule has 2 amide bonds. The molecule has 1 aromatic carbocycles. The Kier molecular flexibility index (Phi) is 4.74. The lowest BCUT2D eigenvalue weighted by atomic mass is 10.1.